The third-order valence-electron chi connectivity index (χ3n) is 2.68. The van der Waals surface area contributed by atoms with Gasteiger partial charge in [-0.1, -0.05) is 19.4 Å². The lowest BCUT2D eigenvalue weighted by Gasteiger charge is -2.11. The van der Waals surface area contributed by atoms with Crippen LogP contribution in [0.5, 0.6) is 0 Å². The summed E-state index contributed by atoms with van der Waals surface area (Å²) in [5, 5.41) is 8.56. The number of carboxylic acid groups (broad SMARTS) is 1. The molecule has 0 aliphatic heterocycles. The second kappa shape index (κ2) is 6.41. The van der Waals surface area contributed by atoms with Crippen molar-refractivity contribution < 1.29 is 23.1 Å². The molecule has 0 saturated heterocycles. The summed E-state index contributed by atoms with van der Waals surface area (Å²) in [5.74, 6) is -1.12. The third kappa shape index (κ3) is 4.77. The van der Waals surface area contributed by atoms with Crippen LogP contribution in [0.2, 0.25) is 0 Å². The maximum absolute atomic E-state index is 12.6. The quantitative estimate of drug-likeness (QED) is 0.818. The summed E-state index contributed by atoms with van der Waals surface area (Å²) >= 11 is 0. The predicted octanol–water partition coefficient (Wildman–Crippen LogP) is 4.15. The van der Waals surface area contributed by atoms with Crippen LogP contribution in [0.15, 0.2) is 24.3 Å². The number of benzene rings is 1. The molecule has 0 saturated carbocycles. The Morgan fingerprint density at radius 3 is 2.58 bits per heavy atom. The van der Waals surface area contributed by atoms with E-state index in [-0.39, 0.29) is 0 Å². The molecule has 1 aromatic carbocycles. The van der Waals surface area contributed by atoms with Crippen LogP contribution in [0.1, 0.15) is 36.5 Å². The number of aliphatic carboxylic acids is 1. The van der Waals surface area contributed by atoms with E-state index in [1.54, 1.807) is 0 Å². The Labute approximate surface area is 109 Å². The van der Waals surface area contributed by atoms with E-state index in [1.165, 1.54) is 12.1 Å². The molecule has 1 rings (SSSR count). The number of carboxylic acids is 1. The second-order valence-corrected chi connectivity index (χ2v) is 4.19. The minimum absolute atomic E-state index is 0.500. The monoisotopic (exact) mass is 272 g/mol. The lowest BCUT2D eigenvalue weighted by Crippen LogP contribution is -2.06. The van der Waals surface area contributed by atoms with E-state index in [4.69, 9.17) is 5.11 Å². The number of hydrogen-bond donors (Lipinski definition) is 1. The summed E-state index contributed by atoms with van der Waals surface area (Å²) in [6.45, 7) is 1.94. The number of rotatable bonds is 5. The molecule has 0 unspecified atom stereocenters. The van der Waals surface area contributed by atoms with E-state index in [2.05, 4.69) is 0 Å². The number of carbonyl (C=O) groups is 1. The molecule has 0 radical (unpaired) electrons. The molecule has 2 nitrogen and oxygen atoms in total. The van der Waals surface area contributed by atoms with Crippen LogP contribution in [0, 0.1) is 0 Å². The molecule has 0 heterocycles. The fourth-order valence-electron chi connectivity index (χ4n) is 1.69. The van der Waals surface area contributed by atoms with E-state index in [0.29, 0.717) is 17.5 Å². The highest BCUT2D eigenvalue weighted by Crippen LogP contribution is 2.31. The number of hydrogen-bond acceptors (Lipinski definition) is 1. The average Bonchev–Trinajstić information content (AvgIpc) is 2.32. The summed E-state index contributed by atoms with van der Waals surface area (Å²) < 4.78 is 37.9. The van der Waals surface area contributed by atoms with Gasteiger partial charge in [0, 0.05) is 6.08 Å². The molecule has 1 N–H and O–H groups in total. The standard InChI is InChI=1S/C14H15F3O2/c1-2-3-4-11-9-12(14(15,16)17)7-5-10(11)6-8-13(18)19/h5-9H,2-4H2,1H3,(H,18,19). The van der Waals surface area contributed by atoms with Gasteiger partial charge in [-0.3, -0.25) is 0 Å². The fourth-order valence-corrected chi connectivity index (χ4v) is 1.69. The number of halogens is 3. The van der Waals surface area contributed by atoms with Crippen LogP contribution in [0.4, 0.5) is 13.2 Å². The van der Waals surface area contributed by atoms with E-state index in [0.717, 1.165) is 31.1 Å². The van der Waals surface area contributed by atoms with Gasteiger partial charge in [-0.25, -0.2) is 4.79 Å². The Balaban J connectivity index is 3.12. The van der Waals surface area contributed by atoms with Gasteiger partial charge in [0.05, 0.1) is 5.56 Å². The Morgan fingerprint density at radius 2 is 2.05 bits per heavy atom. The molecule has 0 aliphatic carbocycles. The van der Waals surface area contributed by atoms with Gasteiger partial charge in [0.1, 0.15) is 0 Å². The summed E-state index contributed by atoms with van der Waals surface area (Å²) in [6, 6.07) is 3.38. The Hall–Kier alpha value is -1.78. The van der Waals surface area contributed by atoms with Crippen molar-refractivity contribution in [2.75, 3.05) is 0 Å². The zero-order valence-corrected chi connectivity index (χ0v) is 10.5. The highest BCUT2D eigenvalue weighted by atomic mass is 19.4. The topological polar surface area (TPSA) is 37.3 Å². The minimum Gasteiger partial charge on any atom is -0.478 e. The lowest BCUT2D eigenvalue weighted by atomic mass is 9.98. The van der Waals surface area contributed by atoms with Crippen molar-refractivity contribution in [1.82, 2.24) is 0 Å². The van der Waals surface area contributed by atoms with Gasteiger partial charge >= 0.3 is 12.1 Å². The molecule has 0 atom stereocenters. The summed E-state index contributed by atoms with van der Waals surface area (Å²) in [6.07, 6.45) is -0.00517. The largest absolute Gasteiger partial charge is 0.478 e. The Morgan fingerprint density at radius 1 is 1.37 bits per heavy atom. The molecule has 0 spiro atoms. The zero-order valence-electron chi connectivity index (χ0n) is 10.5. The van der Waals surface area contributed by atoms with Gasteiger partial charge in [0.2, 0.25) is 0 Å². The molecule has 0 amide bonds. The van der Waals surface area contributed by atoms with E-state index in [9.17, 15) is 18.0 Å². The molecule has 104 valence electrons. The van der Waals surface area contributed by atoms with Crippen LogP contribution in [-0.2, 0) is 17.4 Å². The van der Waals surface area contributed by atoms with Gasteiger partial charge in [-0.15, -0.1) is 0 Å². The lowest BCUT2D eigenvalue weighted by molar-refractivity contribution is -0.137. The SMILES string of the molecule is CCCCc1cc(C(F)(F)F)ccc1C=CC(=O)O. The van der Waals surface area contributed by atoms with Gasteiger partial charge in [0.15, 0.2) is 0 Å². The van der Waals surface area contributed by atoms with E-state index in [1.807, 2.05) is 6.92 Å². The summed E-state index contributed by atoms with van der Waals surface area (Å²) in [7, 11) is 0. The molecular formula is C14H15F3O2. The van der Waals surface area contributed by atoms with Crippen LogP contribution in [0.3, 0.4) is 0 Å². The highest BCUT2D eigenvalue weighted by molar-refractivity contribution is 5.85. The van der Waals surface area contributed by atoms with Crippen LogP contribution in [-0.4, -0.2) is 11.1 Å². The molecular weight excluding hydrogens is 257 g/mol. The number of unbranched alkanes of at least 4 members (excludes halogenated alkanes) is 1. The zero-order chi connectivity index (χ0) is 14.5. The molecule has 0 aliphatic rings. The van der Waals surface area contributed by atoms with Crippen molar-refractivity contribution in [3.05, 3.63) is 41.0 Å². The molecule has 0 fully saturated rings. The molecule has 5 heteroatoms. The summed E-state index contributed by atoms with van der Waals surface area (Å²) in [5.41, 5.74) is 0.337. The molecule has 0 aromatic heterocycles. The molecule has 1 aromatic rings. The number of aryl methyl sites for hydroxylation is 1. The van der Waals surface area contributed by atoms with Crippen molar-refractivity contribution >= 4 is 12.0 Å². The smallest absolute Gasteiger partial charge is 0.416 e. The van der Waals surface area contributed by atoms with Crippen molar-refractivity contribution in [3.8, 4) is 0 Å². The second-order valence-electron chi connectivity index (χ2n) is 4.19. The van der Waals surface area contributed by atoms with Crippen molar-refractivity contribution in [2.45, 2.75) is 32.4 Å². The van der Waals surface area contributed by atoms with Crippen LogP contribution in [0.25, 0.3) is 6.08 Å². The Bertz CT molecular complexity index is 476. The van der Waals surface area contributed by atoms with Gasteiger partial charge in [-0.2, -0.15) is 13.2 Å². The van der Waals surface area contributed by atoms with Crippen molar-refractivity contribution in [1.29, 1.82) is 0 Å². The Kier molecular flexibility index (Phi) is 5.15. The molecule has 0 bridgehead atoms. The first-order chi connectivity index (χ1) is 8.84. The van der Waals surface area contributed by atoms with Crippen LogP contribution < -0.4 is 0 Å². The third-order valence-corrected chi connectivity index (χ3v) is 2.68. The summed E-state index contributed by atoms with van der Waals surface area (Å²) in [4.78, 5) is 10.5. The first kappa shape index (κ1) is 15.3. The van der Waals surface area contributed by atoms with Gasteiger partial charge in [-0.05, 0) is 42.2 Å². The highest BCUT2D eigenvalue weighted by Gasteiger charge is 2.30. The maximum Gasteiger partial charge on any atom is 0.416 e. The van der Waals surface area contributed by atoms with Gasteiger partial charge < -0.3 is 5.11 Å². The average molecular weight is 272 g/mol. The fraction of sp³-hybridized carbons (Fsp3) is 0.357. The van der Waals surface area contributed by atoms with E-state index < -0.39 is 17.7 Å². The predicted molar refractivity (Wildman–Crippen MR) is 66.7 cm³/mol. The van der Waals surface area contributed by atoms with Crippen molar-refractivity contribution in [3.63, 3.8) is 0 Å². The minimum atomic E-state index is -4.38. The maximum atomic E-state index is 12.6. The van der Waals surface area contributed by atoms with E-state index >= 15 is 0 Å². The molecule has 19 heavy (non-hydrogen) atoms. The first-order valence-corrected chi connectivity index (χ1v) is 5.95. The normalized spacial score (nSPS) is 12.0. The van der Waals surface area contributed by atoms with Crippen LogP contribution >= 0.6 is 0 Å². The van der Waals surface area contributed by atoms with Gasteiger partial charge in [0.25, 0.3) is 0 Å². The number of alkyl halides is 3. The van der Waals surface area contributed by atoms with Crippen molar-refractivity contribution in [2.24, 2.45) is 0 Å². The first-order valence-electron chi connectivity index (χ1n) is 5.95.